The molecule has 0 saturated heterocycles. The number of phenols is 1. The Balaban J connectivity index is 2.09. The quantitative estimate of drug-likeness (QED) is 0.633. The third kappa shape index (κ3) is 4.21. The van der Waals surface area contributed by atoms with Crippen molar-refractivity contribution >= 4 is 29.2 Å². The first-order chi connectivity index (χ1) is 11.7. The summed E-state index contributed by atoms with van der Waals surface area (Å²) in [5, 5.41) is 11.7. The first-order valence-electron chi connectivity index (χ1n) is 6.84. The Labute approximate surface area is 145 Å². The summed E-state index contributed by atoms with van der Waals surface area (Å²) < 4.78 is 44.3. The Morgan fingerprint density at radius 2 is 1.84 bits per heavy atom. The second kappa shape index (κ2) is 7.43. The highest BCUT2D eigenvalue weighted by Crippen LogP contribution is 2.23. The fraction of sp³-hybridized carbons (Fsp3) is 0.125. The number of carbonyl (C=O) groups is 2. The maximum atomic E-state index is 13.5. The van der Waals surface area contributed by atoms with E-state index in [-0.39, 0.29) is 10.6 Å². The highest BCUT2D eigenvalue weighted by molar-refractivity contribution is 6.31. The zero-order valence-corrected chi connectivity index (χ0v) is 13.4. The topological polar surface area (TPSA) is 75.6 Å². The average molecular weight is 374 g/mol. The van der Waals surface area contributed by atoms with Gasteiger partial charge in [0.25, 0.3) is 5.91 Å². The third-order valence-electron chi connectivity index (χ3n) is 3.12. The first-order valence-corrected chi connectivity index (χ1v) is 7.22. The number of halogens is 4. The average Bonchev–Trinajstić information content (AvgIpc) is 2.57. The van der Waals surface area contributed by atoms with E-state index in [0.29, 0.717) is 6.07 Å². The van der Waals surface area contributed by atoms with E-state index in [1.54, 1.807) is 0 Å². The van der Waals surface area contributed by atoms with Crippen LogP contribution in [0.5, 0.6) is 5.75 Å². The van der Waals surface area contributed by atoms with Crippen molar-refractivity contribution in [3.63, 3.8) is 0 Å². The molecule has 0 bridgehead atoms. The van der Waals surface area contributed by atoms with Crippen LogP contribution < -0.4 is 5.32 Å². The van der Waals surface area contributed by atoms with Crippen LogP contribution in [0.25, 0.3) is 0 Å². The number of phenolic OH excluding ortho intramolecular Hbond substituents is 1. The summed E-state index contributed by atoms with van der Waals surface area (Å²) in [6.07, 6.45) is -1.42. The van der Waals surface area contributed by atoms with Crippen LogP contribution in [0.1, 0.15) is 17.3 Å². The van der Waals surface area contributed by atoms with Crippen LogP contribution in [0.3, 0.4) is 0 Å². The Morgan fingerprint density at radius 3 is 2.52 bits per heavy atom. The molecule has 25 heavy (non-hydrogen) atoms. The number of anilines is 1. The Kier molecular flexibility index (Phi) is 5.53. The number of hydrogen-bond donors (Lipinski definition) is 2. The van der Waals surface area contributed by atoms with Crippen LogP contribution in [0.4, 0.5) is 18.9 Å². The molecule has 2 N–H and O–H groups in total. The number of nitrogens with one attached hydrogen (secondary N) is 1. The van der Waals surface area contributed by atoms with Crippen LogP contribution in [0.15, 0.2) is 30.3 Å². The zero-order valence-electron chi connectivity index (χ0n) is 12.6. The van der Waals surface area contributed by atoms with E-state index in [1.807, 2.05) is 5.32 Å². The van der Waals surface area contributed by atoms with E-state index >= 15 is 0 Å². The van der Waals surface area contributed by atoms with Gasteiger partial charge in [0.1, 0.15) is 11.3 Å². The number of carbonyl (C=O) groups excluding carboxylic acids is 2. The minimum atomic E-state index is -1.74. The fourth-order valence-electron chi connectivity index (χ4n) is 1.81. The predicted molar refractivity (Wildman–Crippen MR) is 82.9 cm³/mol. The first kappa shape index (κ1) is 18.6. The highest BCUT2D eigenvalue weighted by atomic mass is 35.5. The molecule has 0 aliphatic heterocycles. The second-order valence-corrected chi connectivity index (χ2v) is 5.36. The number of rotatable bonds is 4. The highest BCUT2D eigenvalue weighted by Gasteiger charge is 2.23. The molecule has 0 spiro atoms. The molecule has 0 aliphatic rings. The van der Waals surface area contributed by atoms with Crippen molar-refractivity contribution in [1.82, 2.24) is 0 Å². The SMILES string of the molecule is C[C@H](OC(=O)c1cc(Cl)ccc1O)C(=O)Nc1ccc(F)c(F)c1F. The molecule has 0 unspecified atom stereocenters. The summed E-state index contributed by atoms with van der Waals surface area (Å²) in [6.45, 7) is 1.17. The zero-order chi connectivity index (χ0) is 18.7. The number of aromatic hydroxyl groups is 1. The molecule has 0 radical (unpaired) electrons. The second-order valence-electron chi connectivity index (χ2n) is 4.92. The molecule has 1 atom stereocenters. The molecule has 2 aromatic rings. The minimum Gasteiger partial charge on any atom is -0.507 e. The number of ether oxygens (including phenoxy) is 1. The van der Waals surface area contributed by atoms with Crippen molar-refractivity contribution in [3.8, 4) is 5.75 Å². The van der Waals surface area contributed by atoms with Gasteiger partial charge in [0.2, 0.25) is 0 Å². The lowest BCUT2D eigenvalue weighted by Gasteiger charge is -2.14. The van der Waals surface area contributed by atoms with E-state index in [1.165, 1.54) is 19.1 Å². The standard InChI is InChI=1S/C16H11ClF3NO4/c1-7(25-16(24)9-6-8(17)2-5-12(9)22)15(23)21-11-4-3-10(18)13(19)14(11)20/h2-7,22H,1H3,(H,21,23)/t7-/m0/s1. The van der Waals surface area contributed by atoms with Crippen molar-refractivity contribution in [2.24, 2.45) is 0 Å². The number of hydrogen-bond acceptors (Lipinski definition) is 4. The smallest absolute Gasteiger partial charge is 0.342 e. The van der Waals surface area contributed by atoms with Gasteiger partial charge in [-0.2, -0.15) is 0 Å². The lowest BCUT2D eigenvalue weighted by molar-refractivity contribution is -0.123. The predicted octanol–water partition coefficient (Wildman–Crippen LogP) is 3.65. The summed E-state index contributed by atoms with van der Waals surface area (Å²) in [7, 11) is 0. The minimum absolute atomic E-state index is 0.158. The Morgan fingerprint density at radius 1 is 1.16 bits per heavy atom. The molecular formula is C16H11ClF3NO4. The van der Waals surface area contributed by atoms with Crippen LogP contribution in [-0.4, -0.2) is 23.1 Å². The normalized spacial score (nSPS) is 11.7. The Hall–Kier alpha value is -2.74. The third-order valence-corrected chi connectivity index (χ3v) is 3.36. The number of esters is 1. The van der Waals surface area contributed by atoms with E-state index in [9.17, 15) is 27.9 Å². The van der Waals surface area contributed by atoms with Crippen LogP contribution >= 0.6 is 11.6 Å². The molecule has 0 aliphatic carbocycles. The van der Waals surface area contributed by atoms with E-state index in [0.717, 1.165) is 12.1 Å². The molecule has 2 rings (SSSR count). The summed E-state index contributed by atoms with van der Waals surface area (Å²) in [5.74, 6) is -7.18. The molecule has 0 saturated carbocycles. The van der Waals surface area contributed by atoms with E-state index in [2.05, 4.69) is 0 Å². The maximum absolute atomic E-state index is 13.5. The van der Waals surface area contributed by atoms with Gasteiger partial charge in [0.15, 0.2) is 23.6 Å². The van der Waals surface area contributed by atoms with Gasteiger partial charge in [-0.1, -0.05) is 11.6 Å². The van der Waals surface area contributed by atoms with Gasteiger partial charge in [-0.25, -0.2) is 18.0 Å². The number of benzene rings is 2. The van der Waals surface area contributed by atoms with Crippen LogP contribution in [-0.2, 0) is 9.53 Å². The lowest BCUT2D eigenvalue weighted by atomic mass is 10.2. The molecule has 9 heteroatoms. The van der Waals surface area contributed by atoms with Gasteiger partial charge in [-0.15, -0.1) is 0 Å². The summed E-state index contributed by atoms with van der Waals surface area (Å²) >= 11 is 5.71. The van der Waals surface area contributed by atoms with Crippen LogP contribution in [0, 0.1) is 17.5 Å². The molecule has 0 heterocycles. The Bertz CT molecular complexity index is 844. The van der Waals surface area contributed by atoms with Crippen LogP contribution in [0.2, 0.25) is 5.02 Å². The van der Waals surface area contributed by atoms with Crippen molar-refractivity contribution in [2.75, 3.05) is 5.32 Å². The molecule has 1 amide bonds. The summed E-state index contributed by atoms with van der Waals surface area (Å²) in [6, 6.07) is 5.10. The molecule has 0 fully saturated rings. The van der Waals surface area contributed by atoms with Crippen molar-refractivity contribution in [2.45, 2.75) is 13.0 Å². The molecule has 132 valence electrons. The van der Waals surface area contributed by atoms with Gasteiger partial charge in [-0.3, -0.25) is 4.79 Å². The fourth-order valence-corrected chi connectivity index (χ4v) is 1.98. The molecule has 5 nitrogen and oxygen atoms in total. The summed E-state index contributed by atoms with van der Waals surface area (Å²) in [4.78, 5) is 23.9. The van der Waals surface area contributed by atoms with Crippen molar-refractivity contribution in [1.29, 1.82) is 0 Å². The van der Waals surface area contributed by atoms with Gasteiger partial charge >= 0.3 is 5.97 Å². The lowest BCUT2D eigenvalue weighted by Crippen LogP contribution is -2.30. The monoisotopic (exact) mass is 373 g/mol. The van der Waals surface area contributed by atoms with Gasteiger partial charge < -0.3 is 15.2 Å². The van der Waals surface area contributed by atoms with Gasteiger partial charge in [0, 0.05) is 5.02 Å². The molecule has 2 aromatic carbocycles. The summed E-state index contributed by atoms with van der Waals surface area (Å²) in [5.41, 5.74) is -0.886. The van der Waals surface area contributed by atoms with Crippen molar-refractivity contribution in [3.05, 3.63) is 58.4 Å². The van der Waals surface area contributed by atoms with Gasteiger partial charge in [0.05, 0.1) is 5.69 Å². The van der Waals surface area contributed by atoms with E-state index in [4.69, 9.17) is 16.3 Å². The molecule has 0 aromatic heterocycles. The van der Waals surface area contributed by atoms with E-state index < -0.39 is 46.9 Å². The number of amides is 1. The maximum Gasteiger partial charge on any atom is 0.342 e. The van der Waals surface area contributed by atoms with Crippen molar-refractivity contribution < 1.29 is 32.6 Å². The largest absolute Gasteiger partial charge is 0.507 e. The molecular weight excluding hydrogens is 363 g/mol. The van der Waals surface area contributed by atoms with Gasteiger partial charge in [-0.05, 0) is 37.3 Å².